The highest BCUT2D eigenvalue weighted by Crippen LogP contribution is 2.22. The third kappa shape index (κ3) is 6.21. The highest BCUT2D eigenvalue weighted by molar-refractivity contribution is 6.47. The number of nitrogens with zero attached hydrogens (tertiary/aromatic N) is 2. The van der Waals surface area contributed by atoms with Gasteiger partial charge in [-0.15, -0.1) is 6.42 Å². The van der Waals surface area contributed by atoms with Crippen molar-refractivity contribution < 1.29 is 23.9 Å². The average molecular weight is 420 g/mol. The van der Waals surface area contributed by atoms with E-state index in [9.17, 15) is 4.79 Å². The number of methoxy groups -OCH3 is 2. The van der Waals surface area contributed by atoms with Crippen molar-refractivity contribution in [3.63, 3.8) is 0 Å². The topological polar surface area (TPSA) is 78.7 Å². The maximum Gasteiger partial charge on any atom is 0.341 e. The van der Waals surface area contributed by atoms with Gasteiger partial charge in [-0.3, -0.25) is 0 Å². The quantitative estimate of drug-likeness (QED) is 0.154. The summed E-state index contributed by atoms with van der Waals surface area (Å²) in [5, 5.41) is 8.21. The number of hydrogen-bond acceptors (Lipinski definition) is 7. The summed E-state index contributed by atoms with van der Waals surface area (Å²) >= 11 is 0. The molecule has 0 heterocycles. The maximum atomic E-state index is 12.1. The molecule has 0 saturated heterocycles. The first kappa shape index (κ1) is 23.2. The van der Waals surface area contributed by atoms with Crippen molar-refractivity contribution in [2.24, 2.45) is 10.3 Å². The van der Waals surface area contributed by atoms with Gasteiger partial charge in [-0.2, -0.15) is 0 Å². The van der Waals surface area contributed by atoms with Crippen molar-refractivity contribution in [2.75, 3.05) is 21.3 Å². The first-order valence-corrected chi connectivity index (χ1v) is 9.30. The minimum Gasteiger partial charge on any atom is -0.503 e. The molecule has 0 spiro atoms. The van der Waals surface area contributed by atoms with E-state index < -0.39 is 5.97 Å². The van der Waals surface area contributed by atoms with Gasteiger partial charge in [0.25, 0.3) is 0 Å². The molecule has 2 aromatic rings. The molecule has 0 radical (unpaired) electrons. The van der Waals surface area contributed by atoms with Crippen LogP contribution in [0.1, 0.15) is 29.2 Å². The lowest BCUT2D eigenvalue weighted by atomic mass is 10.0. The van der Waals surface area contributed by atoms with Crippen molar-refractivity contribution in [1.29, 1.82) is 0 Å². The van der Waals surface area contributed by atoms with Crippen LogP contribution in [0.5, 0.6) is 0 Å². The fourth-order valence-electron chi connectivity index (χ4n) is 2.74. The van der Waals surface area contributed by atoms with E-state index in [0.717, 1.165) is 16.7 Å². The molecule has 160 valence electrons. The van der Waals surface area contributed by atoms with E-state index >= 15 is 0 Å². The molecule has 0 bridgehead atoms. The highest BCUT2D eigenvalue weighted by Gasteiger charge is 2.17. The van der Waals surface area contributed by atoms with Crippen molar-refractivity contribution in [3.8, 4) is 12.3 Å². The Morgan fingerprint density at radius 2 is 1.77 bits per heavy atom. The number of rotatable bonds is 9. The third-order valence-electron chi connectivity index (χ3n) is 4.22. The van der Waals surface area contributed by atoms with Crippen molar-refractivity contribution in [1.82, 2.24) is 0 Å². The van der Waals surface area contributed by atoms with Crippen molar-refractivity contribution in [3.05, 3.63) is 77.0 Å². The highest BCUT2D eigenvalue weighted by atomic mass is 16.6. The number of carbonyl (C=O) groups excluding carboxylic acids is 1. The molecule has 2 rings (SSSR count). The smallest absolute Gasteiger partial charge is 0.341 e. The zero-order valence-electron chi connectivity index (χ0n) is 17.9. The number of ether oxygens (including phenoxy) is 2. The summed E-state index contributed by atoms with van der Waals surface area (Å²) in [6, 6.07) is 14.5. The predicted molar refractivity (Wildman–Crippen MR) is 119 cm³/mol. The summed E-state index contributed by atoms with van der Waals surface area (Å²) in [4.78, 5) is 22.6. The molecule has 2 aromatic carbocycles. The molecule has 0 amide bonds. The summed E-state index contributed by atoms with van der Waals surface area (Å²) < 4.78 is 9.87. The van der Waals surface area contributed by atoms with Crippen LogP contribution in [0.25, 0.3) is 5.57 Å². The molecule has 0 N–H and O–H groups in total. The summed E-state index contributed by atoms with van der Waals surface area (Å²) in [5.41, 5.74) is 4.19. The van der Waals surface area contributed by atoms with Crippen LogP contribution in [-0.4, -0.2) is 38.7 Å². The summed E-state index contributed by atoms with van der Waals surface area (Å²) in [6.45, 7) is 1.87. The van der Waals surface area contributed by atoms with Gasteiger partial charge in [-0.1, -0.05) is 52.6 Å². The first-order chi connectivity index (χ1) is 15.0. The lowest BCUT2D eigenvalue weighted by Crippen LogP contribution is -2.13. The molecule has 0 fully saturated rings. The summed E-state index contributed by atoms with van der Waals surface area (Å²) in [5.74, 6) is 2.05. The van der Waals surface area contributed by atoms with Gasteiger partial charge in [-0.05, 0) is 24.6 Å². The Labute approximate surface area is 181 Å². The molecule has 0 atom stereocenters. The number of carbonyl (C=O) groups is 1. The number of esters is 1. The Kier molecular flexibility index (Phi) is 8.87. The van der Waals surface area contributed by atoms with Gasteiger partial charge in [0.05, 0.1) is 20.5 Å². The Morgan fingerprint density at radius 3 is 2.39 bits per heavy atom. The fourth-order valence-corrected chi connectivity index (χ4v) is 2.74. The molecule has 0 aromatic heterocycles. The number of oxime groups is 2. The number of benzene rings is 2. The molecule has 7 heteroatoms. The molecule has 0 aliphatic carbocycles. The molecule has 0 aliphatic rings. The van der Waals surface area contributed by atoms with Crippen molar-refractivity contribution >= 4 is 23.0 Å². The zero-order valence-corrected chi connectivity index (χ0v) is 17.9. The lowest BCUT2D eigenvalue weighted by Gasteiger charge is -2.11. The van der Waals surface area contributed by atoms with Crippen LogP contribution in [0.4, 0.5) is 0 Å². The van der Waals surface area contributed by atoms with Crippen LogP contribution >= 0.6 is 0 Å². The molecular weight excluding hydrogens is 396 g/mol. The van der Waals surface area contributed by atoms with Crippen LogP contribution < -0.4 is 0 Å². The first-order valence-electron chi connectivity index (χ1n) is 9.30. The summed E-state index contributed by atoms with van der Waals surface area (Å²) in [7, 11) is 4.23. The van der Waals surface area contributed by atoms with Crippen LogP contribution in [0, 0.1) is 12.3 Å². The number of terminal acetylenes is 1. The Balaban J connectivity index is 2.24. The van der Waals surface area contributed by atoms with E-state index in [-0.39, 0.29) is 12.2 Å². The van der Waals surface area contributed by atoms with E-state index in [1.165, 1.54) is 27.6 Å². The van der Waals surface area contributed by atoms with Gasteiger partial charge in [-0.25, -0.2) is 4.79 Å². The minimum atomic E-state index is -0.515. The van der Waals surface area contributed by atoms with E-state index in [0.29, 0.717) is 17.0 Å². The Bertz CT molecular complexity index is 1030. The van der Waals surface area contributed by atoms with E-state index in [1.54, 1.807) is 25.1 Å². The fraction of sp³-hybridized carbons (Fsp3) is 0.208. The summed E-state index contributed by atoms with van der Waals surface area (Å²) in [6.07, 6.45) is 6.74. The largest absolute Gasteiger partial charge is 0.503 e. The lowest BCUT2D eigenvalue weighted by molar-refractivity contribution is -0.133. The van der Waals surface area contributed by atoms with Gasteiger partial charge in [0.15, 0.2) is 0 Å². The maximum absolute atomic E-state index is 12.1. The van der Waals surface area contributed by atoms with E-state index in [4.69, 9.17) is 25.6 Å². The molecular formula is C24H24N2O5. The second-order valence-electron chi connectivity index (χ2n) is 6.21. The monoisotopic (exact) mass is 420 g/mol. The van der Waals surface area contributed by atoms with E-state index in [2.05, 4.69) is 16.2 Å². The molecule has 0 unspecified atom stereocenters. The van der Waals surface area contributed by atoms with Gasteiger partial charge < -0.3 is 19.1 Å². The second-order valence-corrected chi connectivity index (χ2v) is 6.21. The van der Waals surface area contributed by atoms with Crippen LogP contribution in [0.15, 0.2) is 65.1 Å². The molecule has 7 nitrogen and oxygen atoms in total. The normalized spacial score (nSPS) is 12.0. The predicted octanol–water partition coefficient (Wildman–Crippen LogP) is 3.77. The van der Waals surface area contributed by atoms with Crippen molar-refractivity contribution in [2.45, 2.75) is 13.5 Å². The van der Waals surface area contributed by atoms with Gasteiger partial charge >= 0.3 is 5.97 Å². The number of hydrogen-bond donors (Lipinski definition) is 0. The molecule has 0 saturated carbocycles. The Hall–Kier alpha value is -4.05. The molecule has 31 heavy (non-hydrogen) atoms. The Morgan fingerprint density at radius 1 is 1.06 bits per heavy atom. The zero-order chi connectivity index (χ0) is 22.6. The second kappa shape index (κ2) is 11.8. The average Bonchev–Trinajstić information content (AvgIpc) is 2.81. The minimum absolute atomic E-state index is 0.113. The van der Waals surface area contributed by atoms with Crippen LogP contribution in [0.2, 0.25) is 0 Å². The van der Waals surface area contributed by atoms with Gasteiger partial charge in [0.2, 0.25) is 0 Å². The van der Waals surface area contributed by atoms with Gasteiger partial charge in [0.1, 0.15) is 30.7 Å². The molecule has 0 aliphatic heterocycles. The van der Waals surface area contributed by atoms with Gasteiger partial charge in [0, 0.05) is 16.7 Å². The standard InChI is InChI=1S/C24H24N2O5/c1-6-18-11-13-19(14-12-18)23(26-30-5)17(2)25-31-15-20-9-7-8-10-21(20)22(16-28-3)24(27)29-4/h1,7-14,16H,15H2,2-5H3/b22-16+,25-17+,26-23+. The van der Waals surface area contributed by atoms with Crippen LogP contribution in [0.3, 0.4) is 0 Å². The third-order valence-corrected chi connectivity index (χ3v) is 4.22. The SMILES string of the molecule is C#Cc1ccc(C(=N/OC)/C(C)=N/OCc2ccccc2/C(=C\OC)C(=O)OC)cc1. The van der Waals surface area contributed by atoms with Crippen LogP contribution in [-0.2, 0) is 30.6 Å². The van der Waals surface area contributed by atoms with E-state index in [1.807, 2.05) is 30.3 Å².